The fourth-order valence-corrected chi connectivity index (χ4v) is 0.928. The molecular weight excluding hydrogens is 208 g/mol. The van der Waals surface area contributed by atoms with Crippen LogP contribution in [0.5, 0.6) is 0 Å². The summed E-state index contributed by atoms with van der Waals surface area (Å²) in [5, 5.41) is 0. The largest absolute Gasteiger partial charge is 0.443 e. The van der Waals surface area contributed by atoms with E-state index in [2.05, 4.69) is 9.97 Å². The predicted octanol–water partition coefficient (Wildman–Crippen LogP) is 1.43. The monoisotopic (exact) mass is 224 g/mol. The molecule has 16 heavy (non-hydrogen) atoms. The molecule has 0 aliphatic carbocycles. The molecule has 88 valence electrons. The van der Waals surface area contributed by atoms with Crippen LogP contribution in [0.25, 0.3) is 0 Å². The highest BCUT2D eigenvalue weighted by molar-refractivity contribution is 5.85. The van der Waals surface area contributed by atoms with Crippen LogP contribution < -0.4 is 10.6 Å². The summed E-state index contributed by atoms with van der Waals surface area (Å²) >= 11 is 0. The topological polar surface area (TPSA) is 81.3 Å². The van der Waals surface area contributed by atoms with Gasteiger partial charge in [0.25, 0.3) is 0 Å². The van der Waals surface area contributed by atoms with Crippen molar-refractivity contribution in [3.05, 3.63) is 12.4 Å². The number of hydrogen-bond acceptors (Lipinski definition) is 5. The third kappa shape index (κ3) is 3.38. The van der Waals surface area contributed by atoms with Crippen molar-refractivity contribution < 1.29 is 9.53 Å². The molecule has 0 atom stereocenters. The van der Waals surface area contributed by atoms with E-state index in [1.807, 2.05) is 0 Å². The standard InChI is InChI=1S/C10H16N4O2/c1-10(2,3)16-9(15)14(4)8-6-12-7(11)5-13-8/h5-6H,1-4H3,(H2,11,12). The minimum atomic E-state index is -0.535. The molecule has 0 fully saturated rings. The number of ether oxygens (including phenoxy) is 1. The van der Waals surface area contributed by atoms with Gasteiger partial charge in [-0.2, -0.15) is 0 Å². The van der Waals surface area contributed by atoms with Crippen molar-refractivity contribution in [3.8, 4) is 0 Å². The number of hydrogen-bond donors (Lipinski definition) is 1. The molecule has 6 nitrogen and oxygen atoms in total. The lowest BCUT2D eigenvalue weighted by Crippen LogP contribution is -2.34. The van der Waals surface area contributed by atoms with Gasteiger partial charge in [0.2, 0.25) is 0 Å². The quantitative estimate of drug-likeness (QED) is 0.780. The van der Waals surface area contributed by atoms with E-state index < -0.39 is 11.7 Å². The molecule has 1 aromatic heterocycles. The molecule has 0 aliphatic heterocycles. The highest BCUT2D eigenvalue weighted by Gasteiger charge is 2.21. The van der Waals surface area contributed by atoms with Crippen LogP contribution in [0.1, 0.15) is 20.8 Å². The summed E-state index contributed by atoms with van der Waals surface area (Å²) in [7, 11) is 1.56. The minimum absolute atomic E-state index is 0.307. The highest BCUT2D eigenvalue weighted by Crippen LogP contribution is 2.13. The normalized spacial score (nSPS) is 11.0. The van der Waals surface area contributed by atoms with Gasteiger partial charge >= 0.3 is 6.09 Å². The minimum Gasteiger partial charge on any atom is -0.443 e. The third-order valence-electron chi connectivity index (χ3n) is 1.67. The Bertz CT molecular complexity index is 369. The van der Waals surface area contributed by atoms with E-state index in [1.54, 1.807) is 27.8 Å². The maximum absolute atomic E-state index is 11.6. The van der Waals surface area contributed by atoms with Crippen molar-refractivity contribution in [1.82, 2.24) is 9.97 Å². The van der Waals surface area contributed by atoms with Crippen molar-refractivity contribution in [2.45, 2.75) is 26.4 Å². The molecule has 1 rings (SSSR count). The lowest BCUT2D eigenvalue weighted by Gasteiger charge is -2.23. The first-order valence-electron chi connectivity index (χ1n) is 4.84. The zero-order valence-corrected chi connectivity index (χ0v) is 9.89. The van der Waals surface area contributed by atoms with Gasteiger partial charge in [0.05, 0.1) is 12.4 Å². The first-order valence-corrected chi connectivity index (χ1v) is 4.84. The van der Waals surface area contributed by atoms with Crippen LogP contribution in [-0.2, 0) is 4.74 Å². The molecule has 0 radical (unpaired) electrons. The van der Waals surface area contributed by atoms with E-state index in [1.165, 1.54) is 17.3 Å². The smallest absolute Gasteiger partial charge is 0.415 e. The molecular formula is C10H16N4O2. The number of carbonyl (C=O) groups is 1. The Morgan fingerprint density at radius 3 is 2.44 bits per heavy atom. The fraction of sp³-hybridized carbons (Fsp3) is 0.500. The number of carbonyl (C=O) groups excluding carboxylic acids is 1. The summed E-state index contributed by atoms with van der Waals surface area (Å²) in [6.07, 6.45) is 2.32. The first kappa shape index (κ1) is 12.2. The molecule has 0 aliphatic rings. The van der Waals surface area contributed by atoms with Gasteiger partial charge in [-0.15, -0.1) is 0 Å². The number of rotatable bonds is 1. The van der Waals surface area contributed by atoms with E-state index in [4.69, 9.17) is 10.5 Å². The molecule has 0 bridgehead atoms. The molecule has 0 unspecified atom stereocenters. The Balaban J connectivity index is 2.74. The summed E-state index contributed by atoms with van der Waals surface area (Å²) in [4.78, 5) is 20.7. The van der Waals surface area contributed by atoms with Gasteiger partial charge in [0, 0.05) is 7.05 Å². The lowest BCUT2D eigenvalue weighted by molar-refractivity contribution is 0.0588. The predicted molar refractivity (Wildman–Crippen MR) is 61.1 cm³/mol. The van der Waals surface area contributed by atoms with Gasteiger partial charge < -0.3 is 10.5 Å². The number of nitrogen functional groups attached to an aromatic ring is 1. The zero-order chi connectivity index (χ0) is 12.3. The number of amides is 1. The molecule has 0 aromatic carbocycles. The second-order valence-electron chi connectivity index (χ2n) is 4.34. The van der Waals surface area contributed by atoms with Crippen molar-refractivity contribution in [2.24, 2.45) is 0 Å². The molecule has 2 N–H and O–H groups in total. The molecule has 1 amide bonds. The maximum atomic E-state index is 11.6. The van der Waals surface area contributed by atoms with E-state index in [0.29, 0.717) is 11.6 Å². The number of aromatic nitrogens is 2. The summed E-state index contributed by atoms with van der Waals surface area (Å²) < 4.78 is 5.17. The Kier molecular flexibility index (Phi) is 3.31. The van der Waals surface area contributed by atoms with E-state index in [0.717, 1.165) is 0 Å². The second-order valence-corrected chi connectivity index (χ2v) is 4.34. The summed E-state index contributed by atoms with van der Waals surface area (Å²) in [5.74, 6) is 0.699. The molecule has 1 aromatic rings. The molecule has 0 saturated heterocycles. The van der Waals surface area contributed by atoms with Crippen LogP contribution in [0.15, 0.2) is 12.4 Å². The van der Waals surface area contributed by atoms with Crippen LogP contribution in [-0.4, -0.2) is 28.7 Å². The van der Waals surface area contributed by atoms with Crippen LogP contribution in [0, 0.1) is 0 Å². The van der Waals surface area contributed by atoms with E-state index >= 15 is 0 Å². The van der Waals surface area contributed by atoms with Crippen LogP contribution in [0.2, 0.25) is 0 Å². The van der Waals surface area contributed by atoms with Gasteiger partial charge in [-0.05, 0) is 20.8 Å². The Hall–Kier alpha value is -1.85. The Labute approximate surface area is 94.4 Å². The lowest BCUT2D eigenvalue weighted by atomic mass is 10.2. The number of nitrogens with two attached hydrogens (primary N) is 1. The van der Waals surface area contributed by atoms with Gasteiger partial charge in [0.1, 0.15) is 11.4 Å². The van der Waals surface area contributed by atoms with Gasteiger partial charge in [-0.25, -0.2) is 14.8 Å². The third-order valence-corrected chi connectivity index (χ3v) is 1.67. The summed E-state index contributed by atoms with van der Waals surface area (Å²) in [5.41, 5.74) is 4.86. The Morgan fingerprint density at radius 2 is 2.00 bits per heavy atom. The van der Waals surface area contributed by atoms with Gasteiger partial charge in [-0.3, -0.25) is 4.90 Å². The highest BCUT2D eigenvalue weighted by atomic mass is 16.6. The SMILES string of the molecule is CN(C(=O)OC(C)(C)C)c1cnc(N)cn1. The van der Waals surface area contributed by atoms with E-state index in [9.17, 15) is 4.79 Å². The van der Waals surface area contributed by atoms with Crippen LogP contribution >= 0.6 is 0 Å². The van der Waals surface area contributed by atoms with Gasteiger partial charge in [0.15, 0.2) is 5.82 Å². The molecule has 0 saturated carbocycles. The first-order chi connectivity index (χ1) is 7.29. The summed E-state index contributed by atoms with van der Waals surface area (Å²) in [6, 6.07) is 0. The molecule has 1 heterocycles. The zero-order valence-electron chi connectivity index (χ0n) is 9.89. The average Bonchev–Trinajstić information content (AvgIpc) is 2.15. The van der Waals surface area contributed by atoms with Crippen molar-refractivity contribution >= 4 is 17.7 Å². The van der Waals surface area contributed by atoms with Crippen molar-refractivity contribution in [2.75, 3.05) is 17.7 Å². The average molecular weight is 224 g/mol. The van der Waals surface area contributed by atoms with Crippen molar-refractivity contribution in [3.63, 3.8) is 0 Å². The van der Waals surface area contributed by atoms with Gasteiger partial charge in [-0.1, -0.05) is 0 Å². The molecule has 6 heteroatoms. The van der Waals surface area contributed by atoms with E-state index in [-0.39, 0.29) is 0 Å². The van der Waals surface area contributed by atoms with Crippen LogP contribution in [0.4, 0.5) is 16.4 Å². The fourth-order valence-electron chi connectivity index (χ4n) is 0.928. The second kappa shape index (κ2) is 4.34. The maximum Gasteiger partial charge on any atom is 0.415 e. The van der Waals surface area contributed by atoms with Crippen LogP contribution in [0.3, 0.4) is 0 Å². The Morgan fingerprint density at radius 1 is 1.38 bits per heavy atom. The number of anilines is 2. The number of nitrogens with zero attached hydrogens (tertiary/aromatic N) is 3. The summed E-state index contributed by atoms with van der Waals surface area (Å²) in [6.45, 7) is 5.40. The molecule has 0 spiro atoms. The van der Waals surface area contributed by atoms with Crippen molar-refractivity contribution in [1.29, 1.82) is 0 Å².